The van der Waals surface area contributed by atoms with E-state index in [0.717, 1.165) is 20.6 Å². The molecule has 0 spiro atoms. The Hall–Kier alpha value is -3.12. The van der Waals surface area contributed by atoms with Gasteiger partial charge >= 0.3 is 0 Å². The van der Waals surface area contributed by atoms with Crippen LogP contribution in [0.15, 0.2) is 71.3 Å². The molecule has 0 aromatic heterocycles. The molecule has 1 aliphatic heterocycles. The number of ketones is 1. The van der Waals surface area contributed by atoms with Crippen LogP contribution in [0, 0.1) is 6.92 Å². The Morgan fingerprint density at radius 3 is 2.41 bits per heavy atom. The third-order valence-corrected chi connectivity index (χ3v) is 6.59. The lowest BCUT2D eigenvalue weighted by Gasteiger charge is -2.28. The van der Waals surface area contributed by atoms with Crippen molar-refractivity contribution < 1.29 is 18.3 Å². The fourth-order valence-electron chi connectivity index (χ4n) is 3.30. The number of hydrogen-bond donors (Lipinski definition) is 1. The molecule has 3 aromatic carbocycles. The maximum Gasteiger partial charge on any atom is 0.265 e. The molecule has 5 nitrogen and oxygen atoms in total. The van der Waals surface area contributed by atoms with Crippen molar-refractivity contribution in [1.29, 1.82) is 0 Å². The predicted octanol–water partition coefficient (Wildman–Crippen LogP) is 3.89. The Morgan fingerprint density at radius 1 is 0.963 bits per heavy atom. The van der Waals surface area contributed by atoms with Crippen molar-refractivity contribution in [2.24, 2.45) is 0 Å². The van der Waals surface area contributed by atoms with Gasteiger partial charge in [-0.25, -0.2) is 8.42 Å². The number of aliphatic hydroxyl groups is 1. The molecule has 1 heterocycles. The molecule has 4 rings (SSSR count). The van der Waals surface area contributed by atoms with Crippen LogP contribution in [0.5, 0.6) is 0 Å². The summed E-state index contributed by atoms with van der Waals surface area (Å²) >= 11 is 0. The number of fused-ring (bicyclic) bond motifs is 2. The van der Waals surface area contributed by atoms with Crippen LogP contribution in [0.2, 0.25) is 0 Å². The van der Waals surface area contributed by atoms with Crippen molar-refractivity contribution in [1.82, 2.24) is 4.31 Å². The highest BCUT2D eigenvalue weighted by atomic mass is 32.2. The number of carbonyl (C=O) groups is 1. The molecular weight excluding hydrogens is 362 g/mol. The number of sulfonamides is 1. The molecule has 0 radical (unpaired) electrons. The maximum atomic E-state index is 13.1. The molecule has 1 N–H and O–H groups in total. The van der Waals surface area contributed by atoms with Crippen LogP contribution in [-0.2, 0) is 10.0 Å². The van der Waals surface area contributed by atoms with Crippen LogP contribution >= 0.6 is 0 Å². The van der Waals surface area contributed by atoms with Gasteiger partial charge in [-0.05, 0) is 41.5 Å². The van der Waals surface area contributed by atoms with Gasteiger partial charge in [0, 0.05) is 18.2 Å². The summed E-state index contributed by atoms with van der Waals surface area (Å²) in [5.41, 5.74) is 0.958. The Balaban J connectivity index is 1.92. The summed E-state index contributed by atoms with van der Waals surface area (Å²) in [5, 5.41) is 12.5. The average Bonchev–Trinajstić information content (AvgIpc) is 2.66. The summed E-state index contributed by atoms with van der Waals surface area (Å²) in [5.74, 6) is -0.879. The quantitative estimate of drug-likeness (QED) is 0.686. The third kappa shape index (κ3) is 2.61. The second kappa shape index (κ2) is 5.96. The number of allylic oxidation sites excluding steroid dienone is 1. The molecule has 0 fully saturated rings. The van der Waals surface area contributed by atoms with Crippen LogP contribution in [0.1, 0.15) is 21.5 Å². The average molecular weight is 379 g/mol. The van der Waals surface area contributed by atoms with Gasteiger partial charge in [0.05, 0.1) is 4.90 Å². The number of hydrogen-bond acceptors (Lipinski definition) is 4. The molecule has 3 aromatic rings. The van der Waals surface area contributed by atoms with Gasteiger partial charge in [-0.3, -0.25) is 9.10 Å². The highest BCUT2D eigenvalue weighted by Crippen LogP contribution is 2.36. The number of carbonyl (C=O) groups excluding carboxylic acids is 1. The van der Waals surface area contributed by atoms with E-state index in [9.17, 15) is 18.3 Å². The van der Waals surface area contributed by atoms with Gasteiger partial charge < -0.3 is 5.11 Å². The van der Waals surface area contributed by atoms with E-state index in [-0.39, 0.29) is 21.9 Å². The normalized spacial score (nSPS) is 15.7. The van der Waals surface area contributed by atoms with E-state index >= 15 is 0 Å². The lowest BCUT2D eigenvalue weighted by atomic mass is 10.0. The minimum Gasteiger partial charge on any atom is -0.505 e. The van der Waals surface area contributed by atoms with Crippen LogP contribution in [-0.4, -0.2) is 30.7 Å². The van der Waals surface area contributed by atoms with Gasteiger partial charge in [0.25, 0.3) is 10.0 Å². The number of Topliss-reactive ketones (excluding diaryl/α,β-unsaturated/α-hetero) is 1. The topological polar surface area (TPSA) is 74.7 Å². The van der Waals surface area contributed by atoms with Gasteiger partial charge in [0.15, 0.2) is 5.76 Å². The zero-order valence-electron chi connectivity index (χ0n) is 14.8. The monoisotopic (exact) mass is 379 g/mol. The number of benzene rings is 3. The first-order valence-electron chi connectivity index (χ1n) is 8.37. The van der Waals surface area contributed by atoms with E-state index < -0.39 is 15.8 Å². The molecule has 0 saturated heterocycles. The summed E-state index contributed by atoms with van der Waals surface area (Å²) in [4.78, 5) is 13.1. The first-order valence-corrected chi connectivity index (χ1v) is 9.81. The van der Waals surface area contributed by atoms with Gasteiger partial charge in [0.2, 0.25) is 5.78 Å². The Morgan fingerprint density at radius 2 is 1.67 bits per heavy atom. The molecule has 0 atom stereocenters. The Labute approximate surface area is 157 Å². The van der Waals surface area contributed by atoms with Crippen LogP contribution in [0.4, 0.5) is 0 Å². The minimum absolute atomic E-state index is 0.00226. The zero-order chi connectivity index (χ0) is 19.3. The Bertz CT molecular complexity index is 1240. The molecule has 0 unspecified atom stereocenters. The highest BCUT2D eigenvalue weighted by molar-refractivity contribution is 7.89. The molecular formula is C21H17NO4S. The molecule has 0 bridgehead atoms. The fraction of sp³-hybridized carbons (Fsp3) is 0.0952. The van der Waals surface area contributed by atoms with Gasteiger partial charge in [-0.2, -0.15) is 0 Å². The number of likely N-dealkylation sites (N-methyl/N-ethyl adjacent to an activating group) is 1. The van der Waals surface area contributed by atoms with E-state index in [1.54, 1.807) is 31.2 Å². The van der Waals surface area contributed by atoms with Gasteiger partial charge in [-0.15, -0.1) is 0 Å². The van der Waals surface area contributed by atoms with Gasteiger partial charge in [-0.1, -0.05) is 42.5 Å². The van der Waals surface area contributed by atoms with Crippen molar-refractivity contribution in [3.8, 4) is 0 Å². The van der Waals surface area contributed by atoms with Crippen molar-refractivity contribution >= 4 is 32.3 Å². The molecule has 136 valence electrons. The smallest absolute Gasteiger partial charge is 0.265 e. The second-order valence-corrected chi connectivity index (χ2v) is 8.50. The molecule has 27 heavy (non-hydrogen) atoms. The minimum atomic E-state index is -3.93. The largest absolute Gasteiger partial charge is 0.505 e. The molecule has 0 amide bonds. The zero-order valence-corrected chi connectivity index (χ0v) is 15.6. The number of aliphatic hydroxyl groups excluding tert-OH is 1. The van der Waals surface area contributed by atoms with Crippen molar-refractivity contribution in [3.05, 3.63) is 83.1 Å². The van der Waals surface area contributed by atoms with Crippen molar-refractivity contribution in [3.63, 3.8) is 0 Å². The molecule has 0 aliphatic carbocycles. The van der Waals surface area contributed by atoms with Crippen molar-refractivity contribution in [2.45, 2.75) is 11.8 Å². The first-order chi connectivity index (χ1) is 12.8. The standard InChI is InChI=1S/C21H17NO4S/c1-13-7-10-17-18(11-13)27(25,26)22(2)19(21(17)24)20(23)16-9-8-14-5-3-4-6-15(14)12-16/h3-12,24H,1-2H3. The molecule has 6 heteroatoms. The SMILES string of the molecule is Cc1ccc2c(c1)S(=O)(=O)N(C)C(C(=O)c1ccc3ccccc3c1)=C2O. The number of nitrogens with zero attached hydrogens (tertiary/aromatic N) is 1. The highest BCUT2D eigenvalue weighted by Gasteiger charge is 2.38. The van der Waals surface area contributed by atoms with E-state index in [1.165, 1.54) is 19.2 Å². The molecule has 1 aliphatic rings. The van der Waals surface area contributed by atoms with Crippen molar-refractivity contribution in [2.75, 3.05) is 7.05 Å². The predicted molar refractivity (Wildman–Crippen MR) is 104 cm³/mol. The van der Waals surface area contributed by atoms with Crippen LogP contribution in [0.3, 0.4) is 0 Å². The lowest BCUT2D eigenvalue weighted by Crippen LogP contribution is -2.35. The maximum absolute atomic E-state index is 13.1. The fourth-order valence-corrected chi connectivity index (χ4v) is 4.78. The van der Waals surface area contributed by atoms with E-state index in [0.29, 0.717) is 5.56 Å². The third-order valence-electron chi connectivity index (χ3n) is 4.80. The summed E-state index contributed by atoms with van der Waals surface area (Å²) in [6.45, 7) is 1.77. The summed E-state index contributed by atoms with van der Waals surface area (Å²) in [6.07, 6.45) is 0. The summed E-state index contributed by atoms with van der Waals surface area (Å²) in [6, 6.07) is 17.4. The summed E-state index contributed by atoms with van der Waals surface area (Å²) in [7, 11) is -2.64. The second-order valence-electron chi connectivity index (χ2n) is 6.56. The lowest BCUT2D eigenvalue weighted by molar-refractivity contribution is 0.101. The number of aryl methyl sites for hydroxylation is 1. The van der Waals surface area contributed by atoms with E-state index in [4.69, 9.17) is 0 Å². The van der Waals surface area contributed by atoms with E-state index in [1.807, 2.05) is 24.3 Å². The Kier molecular flexibility index (Phi) is 3.82. The summed E-state index contributed by atoms with van der Waals surface area (Å²) < 4.78 is 26.6. The molecule has 0 saturated carbocycles. The van der Waals surface area contributed by atoms with E-state index in [2.05, 4.69) is 0 Å². The van der Waals surface area contributed by atoms with Crippen LogP contribution in [0.25, 0.3) is 16.5 Å². The van der Waals surface area contributed by atoms with Crippen LogP contribution < -0.4 is 0 Å². The number of rotatable bonds is 2. The first kappa shape index (κ1) is 17.3. The van der Waals surface area contributed by atoms with Gasteiger partial charge in [0.1, 0.15) is 5.70 Å².